The van der Waals surface area contributed by atoms with Crippen molar-refractivity contribution < 1.29 is 14.5 Å². The number of carbonyl (C=O) groups is 2. The van der Waals surface area contributed by atoms with Crippen LogP contribution < -0.4 is 15.5 Å². The first-order chi connectivity index (χ1) is 10.4. The molecule has 0 saturated heterocycles. The molecule has 0 heterocycles. The Labute approximate surface area is 136 Å². The maximum Gasteiger partial charge on any atom is 0.321 e. The summed E-state index contributed by atoms with van der Waals surface area (Å²) in [7, 11) is 1.94. The Morgan fingerprint density at radius 1 is 1.23 bits per heavy atom. The molecular formula is C16H26N3O2S+. The van der Waals surface area contributed by atoms with E-state index in [0.29, 0.717) is 12.5 Å². The van der Waals surface area contributed by atoms with Crippen LogP contribution in [0.1, 0.15) is 19.4 Å². The Morgan fingerprint density at radius 2 is 1.86 bits per heavy atom. The molecule has 3 N–H and O–H groups in total. The largest absolute Gasteiger partial charge is 0.338 e. The van der Waals surface area contributed by atoms with Gasteiger partial charge in [-0.3, -0.25) is 10.1 Å². The minimum absolute atomic E-state index is 0.263. The highest BCUT2D eigenvalue weighted by Crippen LogP contribution is 2.14. The lowest BCUT2D eigenvalue weighted by molar-refractivity contribution is -0.885. The Morgan fingerprint density at radius 3 is 2.41 bits per heavy atom. The van der Waals surface area contributed by atoms with Gasteiger partial charge in [-0.25, -0.2) is 4.79 Å². The molecular weight excluding hydrogens is 298 g/mol. The van der Waals surface area contributed by atoms with Gasteiger partial charge >= 0.3 is 6.03 Å². The van der Waals surface area contributed by atoms with Crippen molar-refractivity contribution in [2.75, 3.05) is 26.4 Å². The number of urea groups is 1. The fourth-order valence-electron chi connectivity index (χ4n) is 1.94. The van der Waals surface area contributed by atoms with Crippen molar-refractivity contribution in [3.05, 3.63) is 29.8 Å². The van der Waals surface area contributed by atoms with Crippen molar-refractivity contribution in [3.8, 4) is 0 Å². The summed E-state index contributed by atoms with van der Waals surface area (Å²) in [4.78, 5) is 25.6. The zero-order chi connectivity index (χ0) is 16.5. The van der Waals surface area contributed by atoms with Crippen molar-refractivity contribution in [1.82, 2.24) is 10.6 Å². The molecule has 0 fully saturated rings. The predicted octanol–water partition coefficient (Wildman–Crippen LogP) is 0.905. The summed E-state index contributed by atoms with van der Waals surface area (Å²) in [5.41, 5.74) is 1.17. The third kappa shape index (κ3) is 7.47. The molecule has 6 heteroatoms. The quantitative estimate of drug-likeness (QED) is 0.653. The molecule has 1 aromatic rings. The van der Waals surface area contributed by atoms with Gasteiger partial charge in [0.15, 0.2) is 6.54 Å². The SMILES string of the molecule is CSc1ccc(C[NH+](C)CC(=O)NC(=O)NCC(C)C)cc1. The summed E-state index contributed by atoms with van der Waals surface area (Å²) < 4.78 is 0. The number of quaternary nitrogens is 1. The number of thioether (sulfide) groups is 1. The molecule has 122 valence electrons. The summed E-state index contributed by atoms with van der Waals surface area (Å²) in [5, 5.41) is 5.02. The summed E-state index contributed by atoms with van der Waals surface area (Å²) >= 11 is 1.71. The normalized spacial score (nSPS) is 12.0. The third-order valence-corrected chi connectivity index (χ3v) is 3.79. The van der Waals surface area contributed by atoms with Gasteiger partial charge in [-0.15, -0.1) is 11.8 Å². The Bertz CT molecular complexity index is 489. The van der Waals surface area contributed by atoms with Crippen molar-refractivity contribution in [3.63, 3.8) is 0 Å². The number of imide groups is 1. The van der Waals surface area contributed by atoms with Gasteiger partial charge in [-0.2, -0.15) is 0 Å². The maximum atomic E-state index is 11.8. The number of hydrogen-bond donors (Lipinski definition) is 3. The summed E-state index contributed by atoms with van der Waals surface area (Å²) in [6.07, 6.45) is 2.04. The topological polar surface area (TPSA) is 62.6 Å². The van der Waals surface area contributed by atoms with Crippen LogP contribution in [0, 0.1) is 5.92 Å². The van der Waals surface area contributed by atoms with Crippen LogP contribution >= 0.6 is 11.8 Å². The molecule has 0 bridgehead atoms. The van der Waals surface area contributed by atoms with Crippen molar-refractivity contribution >= 4 is 23.7 Å². The number of amides is 3. The van der Waals surface area contributed by atoms with Gasteiger partial charge in [-0.1, -0.05) is 26.0 Å². The molecule has 3 amide bonds. The number of rotatable bonds is 7. The number of hydrogen-bond acceptors (Lipinski definition) is 3. The van der Waals surface area contributed by atoms with E-state index in [0.717, 1.165) is 11.4 Å². The molecule has 0 aliphatic heterocycles. The van der Waals surface area contributed by atoms with Gasteiger partial charge in [0.2, 0.25) is 0 Å². The standard InChI is InChI=1S/C16H25N3O2S/c1-12(2)9-17-16(21)18-15(20)11-19(3)10-13-5-7-14(22-4)8-6-13/h5-8,12H,9-11H2,1-4H3,(H2,17,18,20,21)/p+1. The zero-order valence-corrected chi connectivity index (χ0v) is 14.5. The highest BCUT2D eigenvalue weighted by atomic mass is 32.2. The van der Waals surface area contributed by atoms with E-state index < -0.39 is 6.03 Å². The molecule has 1 rings (SSSR count). The van der Waals surface area contributed by atoms with E-state index in [2.05, 4.69) is 34.9 Å². The Hall–Kier alpha value is -1.53. The fraction of sp³-hybridized carbons (Fsp3) is 0.500. The van der Waals surface area contributed by atoms with Crippen molar-refractivity contribution in [2.24, 2.45) is 5.92 Å². The van der Waals surface area contributed by atoms with E-state index in [-0.39, 0.29) is 12.5 Å². The van der Waals surface area contributed by atoms with E-state index in [1.165, 1.54) is 10.5 Å². The van der Waals surface area contributed by atoms with Crippen LogP contribution in [0.4, 0.5) is 4.79 Å². The number of carbonyl (C=O) groups excluding carboxylic acids is 2. The molecule has 1 unspecified atom stereocenters. The first kappa shape index (κ1) is 18.5. The first-order valence-electron chi connectivity index (χ1n) is 7.42. The first-order valence-corrected chi connectivity index (χ1v) is 8.65. The van der Waals surface area contributed by atoms with E-state index in [9.17, 15) is 9.59 Å². The molecule has 5 nitrogen and oxygen atoms in total. The average molecular weight is 324 g/mol. The van der Waals surface area contributed by atoms with Gasteiger partial charge in [0.25, 0.3) is 5.91 Å². The second-order valence-corrected chi connectivity index (χ2v) is 6.69. The van der Waals surface area contributed by atoms with Gasteiger partial charge in [0.1, 0.15) is 6.54 Å². The molecule has 0 aromatic heterocycles. The molecule has 0 aliphatic carbocycles. The minimum Gasteiger partial charge on any atom is -0.338 e. The van der Waals surface area contributed by atoms with E-state index in [1.54, 1.807) is 11.8 Å². The molecule has 1 aromatic carbocycles. The second-order valence-electron chi connectivity index (χ2n) is 5.81. The summed E-state index contributed by atoms with van der Waals surface area (Å²) in [6, 6.07) is 7.88. The average Bonchev–Trinajstić information content (AvgIpc) is 2.45. The van der Waals surface area contributed by atoms with Crippen LogP contribution in [-0.4, -0.2) is 38.3 Å². The van der Waals surface area contributed by atoms with E-state index >= 15 is 0 Å². The summed E-state index contributed by atoms with van der Waals surface area (Å²) in [6.45, 7) is 5.57. The lowest BCUT2D eigenvalue weighted by atomic mass is 10.2. The molecule has 0 aliphatic rings. The lowest BCUT2D eigenvalue weighted by Gasteiger charge is -2.14. The van der Waals surface area contributed by atoms with Crippen LogP contribution in [0.2, 0.25) is 0 Å². The molecule has 22 heavy (non-hydrogen) atoms. The fourth-order valence-corrected chi connectivity index (χ4v) is 2.35. The van der Waals surface area contributed by atoms with Gasteiger partial charge in [-0.05, 0) is 24.3 Å². The van der Waals surface area contributed by atoms with Crippen molar-refractivity contribution in [1.29, 1.82) is 0 Å². The smallest absolute Gasteiger partial charge is 0.321 e. The van der Waals surface area contributed by atoms with E-state index in [1.807, 2.05) is 27.2 Å². The van der Waals surface area contributed by atoms with Crippen LogP contribution in [0.15, 0.2) is 29.2 Å². The van der Waals surface area contributed by atoms with Gasteiger partial charge < -0.3 is 10.2 Å². The molecule has 0 saturated carbocycles. The van der Waals surface area contributed by atoms with Crippen LogP contribution in [0.3, 0.4) is 0 Å². The number of nitrogens with one attached hydrogen (secondary N) is 3. The number of likely N-dealkylation sites (N-methyl/N-ethyl adjacent to an activating group) is 1. The van der Waals surface area contributed by atoms with Crippen LogP contribution in [0.25, 0.3) is 0 Å². The van der Waals surface area contributed by atoms with E-state index in [4.69, 9.17) is 0 Å². The number of benzene rings is 1. The Kier molecular flexibility index (Phi) is 7.98. The highest BCUT2D eigenvalue weighted by molar-refractivity contribution is 7.98. The maximum absolute atomic E-state index is 11.8. The minimum atomic E-state index is -0.421. The summed E-state index contributed by atoms with van der Waals surface area (Å²) in [5.74, 6) is 0.0953. The molecule has 0 radical (unpaired) electrons. The zero-order valence-electron chi connectivity index (χ0n) is 13.7. The lowest BCUT2D eigenvalue weighted by Crippen LogP contribution is -3.09. The monoisotopic (exact) mass is 324 g/mol. The van der Waals surface area contributed by atoms with Crippen LogP contribution in [0.5, 0.6) is 0 Å². The predicted molar refractivity (Wildman–Crippen MR) is 90.1 cm³/mol. The van der Waals surface area contributed by atoms with Gasteiger partial charge in [0, 0.05) is 17.0 Å². The molecule has 1 atom stereocenters. The highest BCUT2D eigenvalue weighted by Gasteiger charge is 2.13. The Balaban J connectivity index is 2.35. The van der Waals surface area contributed by atoms with Crippen LogP contribution in [-0.2, 0) is 11.3 Å². The van der Waals surface area contributed by atoms with Crippen molar-refractivity contribution in [2.45, 2.75) is 25.3 Å². The van der Waals surface area contributed by atoms with Gasteiger partial charge in [0.05, 0.1) is 7.05 Å². The third-order valence-electron chi connectivity index (χ3n) is 3.05. The molecule has 0 spiro atoms. The second kappa shape index (κ2) is 9.48.